The molecule has 2 aliphatic rings. The van der Waals surface area contributed by atoms with Gasteiger partial charge in [0.1, 0.15) is 5.92 Å². The van der Waals surface area contributed by atoms with Crippen LogP contribution < -0.4 is 9.47 Å². The lowest BCUT2D eigenvalue weighted by atomic mass is 9.75. The lowest BCUT2D eigenvalue weighted by Gasteiger charge is -2.38. The van der Waals surface area contributed by atoms with Gasteiger partial charge in [-0.25, -0.2) is 4.79 Å². The Morgan fingerprint density at radius 1 is 1.02 bits per heavy atom. The number of carbonyl (C=O) groups is 2. The van der Waals surface area contributed by atoms with Gasteiger partial charge >= 0.3 is 11.9 Å². The molecule has 0 aromatic heterocycles. The van der Waals surface area contributed by atoms with Gasteiger partial charge in [0.05, 0.1) is 26.9 Å². The van der Waals surface area contributed by atoms with E-state index in [1.807, 2.05) is 49.4 Å². The van der Waals surface area contributed by atoms with Crippen molar-refractivity contribution < 1.29 is 28.5 Å². The summed E-state index contributed by atoms with van der Waals surface area (Å²) in [6, 6.07) is 13.3. The minimum atomic E-state index is -0.773. The van der Waals surface area contributed by atoms with Gasteiger partial charge in [-0.15, -0.1) is 6.42 Å². The maximum atomic E-state index is 13.8. The zero-order valence-corrected chi connectivity index (χ0v) is 25.2. The van der Waals surface area contributed by atoms with Crippen LogP contribution in [0, 0.1) is 18.3 Å². The minimum Gasteiger partial charge on any atom is -0.493 e. The second-order valence-corrected chi connectivity index (χ2v) is 10.5. The average molecular weight is 574 g/mol. The quantitative estimate of drug-likeness (QED) is 0.329. The van der Waals surface area contributed by atoms with E-state index in [1.54, 1.807) is 28.1 Å². The fraction of sp³-hybridized carbons (Fsp3) is 0.424. The molecule has 0 amide bonds. The van der Waals surface area contributed by atoms with Crippen LogP contribution in [0.3, 0.4) is 0 Å². The molecule has 0 N–H and O–H groups in total. The molecule has 222 valence electrons. The van der Waals surface area contributed by atoms with Crippen molar-refractivity contribution in [1.29, 1.82) is 0 Å². The molecule has 3 unspecified atom stereocenters. The summed E-state index contributed by atoms with van der Waals surface area (Å²) in [7, 11) is 4.59. The molecule has 42 heavy (non-hydrogen) atoms. The molecule has 9 nitrogen and oxygen atoms in total. The summed E-state index contributed by atoms with van der Waals surface area (Å²) in [5.74, 6) is 1.66. The third kappa shape index (κ3) is 6.67. The molecule has 2 aromatic rings. The van der Waals surface area contributed by atoms with Gasteiger partial charge in [-0.1, -0.05) is 24.1 Å². The molecular weight excluding hydrogens is 534 g/mol. The Morgan fingerprint density at radius 2 is 1.74 bits per heavy atom. The smallest absolute Gasteiger partial charge is 0.338 e. The second-order valence-electron chi connectivity index (χ2n) is 10.5. The summed E-state index contributed by atoms with van der Waals surface area (Å²) in [4.78, 5) is 35.8. The number of terminal acetylenes is 1. The van der Waals surface area contributed by atoms with Gasteiger partial charge < -0.3 is 18.9 Å². The van der Waals surface area contributed by atoms with Crippen LogP contribution in [0.1, 0.15) is 43.4 Å². The van der Waals surface area contributed by atoms with Gasteiger partial charge in [-0.3, -0.25) is 19.6 Å². The Bertz CT molecular complexity index is 1420. The Kier molecular flexibility index (Phi) is 10.0. The van der Waals surface area contributed by atoms with Crippen LogP contribution in [-0.4, -0.2) is 81.2 Å². The number of piperazine rings is 1. The SMILES string of the molecule is C#Cc1cccc(C2C(C(=O)OC(C)N3CCN(Cc4ccc(OC)c(OC)c4)CC3)=C(C)N=C(C)C2C(=O)OC)c1. The van der Waals surface area contributed by atoms with Gasteiger partial charge in [0.2, 0.25) is 0 Å². The minimum absolute atomic E-state index is 0.337. The molecule has 9 heteroatoms. The van der Waals surface area contributed by atoms with Crippen molar-refractivity contribution in [2.24, 2.45) is 10.9 Å². The van der Waals surface area contributed by atoms with Crippen molar-refractivity contribution in [1.82, 2.24) is 9.80 Å². The van der Waals surface area contributed by atoms with Crippen molar-refractivity contribution >= 4 is 17.7 Å². The number of hydrogen-bond acceptors (Lipinski definition) is 9. The number of methoxy groups -OCH3 is 3. The van der Waals surface area contributed by atoms with E-state index in [4.69, 9.17) is 25.4 Å². The van der Waals surface area contributed by atoms with E-state index in [9.17, 15) is 9.59 Å². The first kappa shape index (κ1) is 30.8. The van der Waals surface area contributed by atoms with Crippen molar-refractivity contribution in [2.75, 3.05) is 47.5 Å². The molecule has 0 bridgehead atoms. The van der Waals surface area contributed by atoms with Gasteiger partial charge in [0.25, 0.3) is 0 Å². The first-order chi connectivity index (χ1) is 20.2. The summed E-state index contributed by atoms with van der Waals surface area (Å²) in [5, 5.41) is 0. The van der Waals surface area contributed by atoms with Crippen molar-refractivity contribution in [3.63, 3.8) is 0 Å². The number of carbonyl (C=O) groups excluding carboxylic acids is 2. The Morgan fingerprint density at radius 3 is 2.38 bits per heavy atom. The molecule has 1 saturated heterocycles. The highest BCUT2D eigenvalue weighted by Gasteiger charge is 2.43. The van der Waals surface area contributed by atoms with Crippen LogP contribution in [0.25, 0.3) is 0 Å². The van der Waals surface area contributed by atoms with Crippen molar-refractivity contribution in [2.45, 2.75) is 39.5 Å². The van der Waals surface area contributed by atoms with Crippen LogP contribution in [-0.2, 0) is 25.6 Å². The summed E-state index contributed by atoms with van der Waals surface area (Å²) in [6.45, 7) is 9.28. The number of aliphatic imine (C=N–C) groups is 1. The molecule has 3 atom stereocenters. The number of nitrogens with zero attached hydrogens (tertiary/aromatic N) is 3. The van der Waals surface area contributed by atoms with E-state index >= 15 is 0 Å². The lowest BCUT2D eigenvalue weighted by molar-refractivity contribution is -0.155. The average Bonchev–Trinajstić information content (AvgIpc) is 3.00. The van der Waals surface area contributed by atoms with E-state index in [0.717, 1.165) is 43.9 Å². The maximum absolute atomic E-state index is 13.8. The van der Waals surface area contributed by atoms with Crippen LogP contribution in [0.2, 0.25) is 0 Å². The highest BCUT2D eigenvalue weighted by molar-refractivity contribution is 6.07. The number of allylic oxidation sites excluding steroid dienone is 1. The first-order valence-corrected chi connectivity index (χ1v) is 14.0. The van der Waals surface area contributed by atoms with Crippen LogP contribution in [0.15, 0.2) is 58.7 Å². The van der Waals surface area contributed by atoms with E-state index < -0.39 is 30.0 Å². The highest BCUT2D eigenvalue weighted by atomic mass is 16.6. The lowest BCUT2D eigenvalue weighted by Crippen LogP contribution is -2.50. The standard InChI is InChI=1S/C33H39N3O6/c1-8-24-10-9-11-26(18-24)31-29(32(37)41-7)21(2)34-22(3)30(31)33(38)42-23(4)36-16-14-35(15-17-36)20-25-12-13-27(39-5)28(19-25)40-6/h1,9-13,18-19,23,29,31H,14-17,20H2,2-7H3. The zero-order valence-electron chi connectivity index (χ0n) is 25.2. The predicted molar refractivity (Wildman–Crippen MR) is 160 cm³/mol. The van der Waals surface area contributed by atoms with E-state index in [-0.39, 0.29) is 0 Å². The Hall–Kier alpha value is -4.13. The van der Waals surface area contributed by atoms with E-state index in [2.05, 4.69) is 20.7 Å². The summed E-state index contributed by atoms with van der Waals surface area (Å²) in [6.07, 6.45) is 5.19. The van der Waals surface area contributed by atoms with Gasteiger partial charge in [0.15, 0.2) is 17.7 Å². The molecule has 0 spiro atoms. The predicted octanol–water partition coefficient (Wildman–Crippen LogP) is 4.01. The van der Waals surface area contributed by atoms with Crippen LogP contribution in [0.5, 0.6) is 11.5 Å². The number of rotatable bonds is 9. The molecule has 2 heterocycles. The van der Waals surface area contributed by atoms with Gasteiger partial charge in [-0.2, -0.15) is 0 Å². The van der Waals surface area contributed by atoms with Crippen LogP contribution in [0.4, 0.5) is 0 Å². The number of ether oxygens (including phenoxy) is 4. The van der Waals surface area contributed by atoms with Crippen LogP contribution >= 0.6 is 0 Å². The van der Waals surface area contributed by atoms with Gasteiger partial charge in [-0.05, 0) is 56.2 Å². The topological polar surface area (TPSA) is 89.9 Å². The molecule has 1 fully saturated rings. The number of esters is 2. The van der Waals surface area contributed by atoms with E-state index in [1.165, 1.54) is 7.11 Å². The maximum Gasteiger partial charge on any atom is 0.338 e. The van der Waals surface area contributed by atoms with E-state index in [0.29, 0.717) is 34.0 Å². The third-order valence-electron chi connectivity index (χ3n) is 7.97. The fourth-order valence-corrected chi connectivity index (χ4v) is 5.73. The second kappa shape index (κ2) is 13.7. The fourth-order valence-electron chi connectivity index (χ4n) is 5.73. The Balaban J connectivity index is 1.47. The summed E-state index contributed by atoms with van der Waals surface area (Å²) < 4.78 is 21.9. The molecular formula is C33H39N3O6. The first-order valence-electron chi connectivity index (χ1n) is 14.0. The summed E-state index contributed by atoms with van der Waals surface area (Å²) in [5.41, 5.74) is 3.95. The summed E-state index contributed by atoms with van der Waals surface area (Å²) >= 11 is 0. The number of benzene rings is 2. The monoisotopic (exact) mass is 573 g/mol. The molecule has 0 radical (unpaired) electrons. The number of hydrogen-bond donors (Lipinski definition) is 0. The highest BCUT2D eigenvalue weighted by Crippen LogP contribution is 2.40. The van der Waals surface area contributed by atoms with Gasteiger partial charge in [0, 0.05) is 55.6 Å². The molecule has 0 saturated carbocycles. The zero-order chi connectivity index (χ0) is 30.4. The van der Waals surface area contributed by atoms with Crippen molar-refractivity contribution in [3.8, 4) is 23.8 Å². The molecule has 2 aromatic carbocycles. The molecule has 2 aliphatic heterocycles. The molecule has 0 aliphatic carbocycles. The normalized spacial score (nSPS) is 20.3. The largest absolute Gasteiger partial charge is 0.493 e. The third-order valence-corrected chi connectivity index (χ3v) is 7.97. The molecule has 4 rings (SSSR count). The Labute approximate surface area is 248 Å². The van der Waals surface area contributed by atoms with Crippen molar-refractivity contribution in [3.05, 3.63) is 70.4 Å².